The van der Waals surface area contributed by atoms with E-state index < -0.39 is 17.8 Å². The summed E-state index contributed by atoms with van der Waals surface area (Å²) in [6.07, 6.45) is -3.85. The third-order valence-electron chi connectivity index (χ3n) is 4.82. The summed E-state index contributed by atoms with van der Waals surface area (Å²) in [4.78, 5) is 15.8. The van der Waals surface area contributed by atoms with E-state index in [1.807, 2.05) is 41.8 Å². The molecule has 28 heavy (non-hydrogen) atoms. The van der Waals surface area contributed by atoms with Gasteiger partial charge in [-0.05, 0) is 41.1 Å². The number of halogens is 3. The maximum atomic E-state index is 13.3. The minimum atomic E-state index is -4.54. The molecular formula is C21H17F3N2OS. The Labute approximate surface area is 164 Å². The van der Waals surface area contributed by atoms with E-state index in [4.69, 9.17) is 0 Å². The summed E-state index contributed by atoms with van der Waals surface area (Å²) in [6.45, 7) is 0.438. The molecule has 0 bridgehead atoms. The van der Waals surface area contributed by atoms with Gasteiger partial charge >= 0.3 is 12.2 Å². The quantitative estimate of drug-likeness (QED) is 0.565. The van der Waals surface area contributed by atoms with Gasteiger partial charge in [-0.15, -0.1) is 11.3 Å². The minimum absolute atomic E-state index is 0.233. The highest BCUT2D eigenvalue weighted by molar-refractivity contribution is 7.10. The summed E-state index contributed by atoms with van der Waals surface area (Å²) in [5.41, 5.74) is 0.874. The first-order valence-electron chi connectivity index (χ1n) is 8.80. The van der Waals surface area contributed by atoms with E-state index in [1.165, 1.54) is 23.1 Å². The molecule has 2 amide bonds. The molecule has 0 fully saturated rings. The highest BCUT2D eigenvalue weighted by Gasteiger charge is 2.36. The Morgan fingerprint density at radius 3 is 2.50 bits per heavy atom. The standard InChI is InChI=1S/C21H17F3N2OS/c22-21(23,24)16-8-4-5-9-17(16)25-20(27)26-12-10-18-15(11-13-28-18)19(26)14-6-2-1-3-7-14/h1-9,11,13,19H,10,12H2,(H,25,27)/t19-/m1/s1. The van der Waals surface area contributed by atoms with Crippen LogP contribution in [0.3, 0.4) is 0 Å². The van der Waals surface area contributed by atoms with Gasteiger partial charge in [0.1, 0.15) is 0 Å². The molecule has 0 radical (unpaired) electrons. The number of rotatable bonds is 2. The van der Waals surface area contributed by atoms with Crippen LogP contribution in [-0.4, -0.2) is 17.5 Å². The van der Waals surface area contributed by atoms with Crippen molar-refractivity contribution in [3.8, 4) is 0 Å². The number of anilines is 1. The van der Waals surface area contributed by atoms with Crippen molar-refractivity contribution in [3.05, 3.63) is 87.6 Å². The number of nitrogens with one attached hydrogen (secondary N) is 1. The lowest BCUT2D eigenvalue weighted by Gasteiger charge is -2.36. The van der Waals surface area contributed by atoms with Crippen molar-refractivity contribution >= 4 is 23.1 Å². The van der Waals surface area contributed by atoms with Gasteiger partial charge in [-0.2, -0.15) is 13.2 Å². The van der Waals surface area contributed by atoms with Crippen molar-refractivity contribution in [2.24, 2.45) is 0 Å². The number of nitrogens with zero attached hydrogens (tertiary/aromatic N) is 1. The van der Waals surface area contributed by atoms with E-state index in [2.05, 4.69) is 5.32 Å². The van der Waals surface area contributed by atoms with Crippen molar-refractivity contribution in [3.63, 3.8) is 0 Å². The Kier molecular flexibility index (Phi) is 4.85. The first-order chi connectivity index (χ1) is 13.4. The molecule has 3 nitrogen and oxygen atoms in total. The van der Waals surface area contributed by atoms with Crippen LogP contribution in [0.2, 0.25) is 0 Å². The van der Waals surface area contributed by atoms with E-state index in [1.54, 1.807) is 16.2 Å². The molecule has 0 saturated heterocycles. The molecule has 1 N–H and O–H groups in total. The number of hydrogen-bond acceptors (Lipinski definition) is 2. The van der Waals surface area contributed by atoms with Crippen LogP contribution in [0.1, 0.15) is 27.6 Å². The zero-order valence-electron chi connectivity index (χ0n) is 14.7. The first-order valence-corrected chi connectivity index (χ1v) is 9.68. The highest BCUT2D eigenvalue weighted by Crippen LogP contribution is 2.39. The lowest BCUT2D eigenvalue weighted by atomic mass is 9.93. The molecule has 0 saturated carbocycles. The van der Waals surface area contributed by atoms with Crippen LogP contribution in [-0.2, 0) is 12.6 Å². The lowest BCUT2D eigenvalue weighted by molar-refractivity contribution is -0.136. The molecule has 2 heterocycles. The average Bonchev–Trinajstić information content (AvgIpc) is 3.16. The fourth-order valence-corrected chi connectivity index (χ4v) is 4.46. The second-order valence-corrected chi connectivity index (χ2v) is 7.53. The molecule has 0 spiro atoms. The Morgan fingerprint density at radius 2 is 1.75 bits per heavy atom. The minimum Gasteiger partial charge on any atom is -0.313 e. The number of alkyl halides is 3. The van der Waals surface area contributed by atoms with Gasteiger partial charge < -0.3 is 10.2 Å². The maximum Gasteiger partial charge on any atom is 0.418 e. The van der Waals surface area contributed by atoms with Gasteiger partial charge in [-0.3, -0.25) is 0 Å². The van der Waals surface area contributed by atoms with Crippen LogP contribution < -0.4 is 5.32 Å². The smallest absolute Gasteiger partial charge is 0.313 e. The topological polar surface area (TPSA) is 32.3 Å². The van der Waals surface area contributed by atoms with Gasteiger partial charge in [0.15, 0.2) is 0 Å². The highest BCUT2D eigenvalue weighted by atomic mass is 32.1. The molecular weight excluding hydrogens is 385 g/mol. The number of urea groups is 1. The second-order valence-electron chi connectivity index (χ2n) is 6.53. The van der Waals surface area contributed by atoms with Gasteiger partial charge in [0, 0.05) is 11.4 Å². The fourth-order valence-electron chi connectivity index (χ4n) is 3.56. The summed E-state index contributed by atoms with van der Waals surface area (Å²) >= 11 is 1.64. The van der Waals surface area contributed by atoms with Gasteiger partial charge in [0.25, 0.3) is 0 Å². The number of amides is 2. The van der Waals surface area contributed by atoms with Crippen LogP contribution >= 0.6 is 11.3 Å². The normalized spacial score (nSPS) is 16.5. The summed E-state index contributed by atoms with van der Waals surface area (Å²) < 4.78 is 39.8. The number of thiophene rings is 1. The van der Waals surface area contributed by atoms with Crippen LogP contribution in [0, 0.1) is 0 Å². The first kappa shape index (κ1) is 18.6. The van der Waals surface area contributed by atoms with Gasteiger partial charge in [0.05, 0.1) is 17.3 Å². The average molecular weight is 402 g/mol. The second kappa shape index (κ2) is 7.31. The molecule has 2 aromatic carbocycles. The number of benzene rings is 2. The Morgan fingerprint density at radius 1 is 1.04 bits per heavy atom. The molecule has 0 unspecified atom stereocenters. The number of fused-ring (bicyclic) bond motifs is 1. The monoisotopic (exact) mass is 402 g/mol. The number of carbonyl (C=O) groups is 1. The molecule has 1 aliphatic heterocycles. The van der Waals surface area contributed by atoms with Crippen LogP contribution in [0.25, 0.3) is 0 Å². The summed E-state index contributed by atoms with van der Waals surface area (Å²) in [6, 6.07) is 15.7. The molecule has 1 aromatic heterocycles. The third kappa shape index (κ3) is 3.49. The molecule has 1 aliphatic rings. The van der Waals surface area contributed by atoms with Crippen LogP contribution in [0.5, 0.6) is 0 Å². The Hall–Kier alpha value is -2.80. The third-order valence-corrected chi connectivity index (χ3v) is 5.81. The zero-order chi connectivity index (χ0) is 19.7. The summed E-state index contributed by atoms with van der Waals surface area (Å²) in [7, 11) is 0. The molecule has 3 aromatic rings. The largest absolute Gasteiger partial charge is 0.418 e. The van der Waals surface area contributed by atoms with Gasteiger partial charge in [-0.1, -0.05) is 42.5 Å². The maximum absolute atomic E-state index is 13.3. The van der Waals surface area contributed by atoms with Crippen LogP contribution in [0.4, 0.5) is 23.7 Å². The summed E-state index contributed by atoms with van der Waals surface area (Å²) in [5.74, 6) is 0. The van der Waals surface area contributed by atoms with Crippen molar-refractivity contribution < 1.29 is 18.0 Å². The molecule has 144 valence electrons. The fraction of sp³-hybridized carbons (Fsp3) is 0.190. The van der Waals surface area contributed by atoms with Gasteiger partial charge in [-0.25, -0.2) is 4.79 Å². The Balaban J connectivity index is 1.68. The molecule has 4 rings (SSSR count). The zero-order valence-corrected chi connectivity index (χ0v) is 15.6. The lowest BCUT2D eigenvalue weighted by Crippen LogP contribution is -2.42. The van der Waals surface area contributed by atoms with Crippen LogP contribution in [0.15, 0.2) is 66.0 Å². The van der Waals surface area contributed by atoms with Crippen molar-refractivity contribution in [2.45, 2.75) is 18.6 Å². The van der Waals surface area contributed by atoms with Crippen molar-refractivity contribution in [2.75, 3.05) is 11.9 Å². The van der Waals surface area contributed by atoms with E-state index in [0.29, 0.717) is 13.0 Å². The Bertz CT molecular complexity index is 985. The molecule has 0 aliphatic carbocycles. The van der Waals surface area contributed by atoms with Gasteiger partial charge in [0.2, 0.25) is 0 Å². The SMILES string of the molecule is O=C(Nc1ccccc1C(F)(F)F)N1CCc2sccc2[C@H]1c1ccccc1. The molecule has 1 atom stereocenters. The molecule has 7 heteroatoms. The van der Waals surface area contributed by atoms with Crippen molar-refractivity contribution in [1.82, 2.24) is 4.90 Å². The van der Waals surface area contributed by atoms with E-state index >= 15 is 0 Å². The number of carbonyl (C=O) groups excluding carboxylic acids is 1. The van der Waals surface area contributed by atoms with E-state index in [9.17, 15) is 18.0 Å². The predicted molar refractivity (Wildman–Crippen MR) is 103 cm³/mol. The van der Waals surface area contributed by atoms with Crippen molar-refractivity contribution in [1.29, 1.82) is 0 Å². The predicted octanol–water partition coefficient (Wildman–Crippen LogP) is 5.95. The number of hydrogen-bond donors (Lipinski definition) is 1. The number of para-hydroxylation sites is 1. The van der Waals surface area contributed by atoms with E-state index in [0.717, 1.165) is 17.2 Å². The summed E-state index contributed by atoms with van der Waals surface area (Å²) in [5, 5.41) is 4.47. The van der Waals surface area contributed by atoms with E-state index in [-0.39, 0.29) is 11.7 Å².